The molecule has 1 rings (SSSR count). The van der Waals surface area contributed by atoms with Crippen molar-refractivity contribution in [3.8, 4) is 0 Å². The number of nitrogens with two attached hydrogens (primary N) is 1. The molecule has 2 nitrogen and oxygen atoms in total. The number of ketones is 1. The van der Waals surface area contributed by atoms with Gasteiger partial charge in [-0.25, -0.2) is 4.39 Å². The van der Waals surface area contributed by atoms with Crippen LogP contribution in [0, 0.1) is 11.7 Å². The van der Waals surface area contributed by atoms with E-state index in [-0.39, 0.29) is 23.8 Å². The van der Waals surface area contributed by atoms with Crippen molar-refractivity contribution in [3.05, 3.63) is 34.1 Å². The quantitative estimate of drug-likeness (QED) is 0.848. The highest BCUT2D eigenvalue weighted by molar-refractivity contribution is 9.10. The van der Waals surface area contributed by atoms with Gasteiger partial charge < -0.3 is 5.73 Å². The molecule has 0 aliphatic heterocycles. The molecule has 4 heteroatoms. The topological polar surface area (TPSA) is 43.1 Å². The van der Waals surface area contributed by atoms with Crippen molar-refractivity contribution >= 4 is 21.7 Å². The summed E-state index contributed by atoms with van der Waals surface area (Å²) in [5, 5.41) is 0. The van der Waals surface area contributed by atoms with Crippen molar-refractivity contribution < 1.29 is 9.18 Å². The summed E-state index contributed by atoms with van der Waals surface area (Å²) in [6, 6.07) is 4.30. The van der Waals surface area contributed by atoms with Gasteiger partial charge in [-0.3, -0.25) is 4.79 Å². The first-order chi connectivity index (χ1) is 6.56. The lowest BCUT2D eigenvalue weighted by molar-refractivity contribution is 0.0930. The standard InChI is InChI=1S/C10H11BrFNO/c1-6(5-13)10(14)8-4-7(11)2-3-9(8)12/h2-4,6H,5,13H2,1H3. The van der Waals surface area contributed by atoms with Crippen LogP contribution < -0.4 is 5.73 Å². The molecule has 14 heavy (non-hydrogen) atoms. The maximum atomic E-state index is 13.2. The Morgan fingerprint density at radius 3 is 2.86 bits per heavy atom. The molecule has 0 aliphatic rings. The number of Topliss-reactive ketones (excluding diaryl/α,β-unsaturated/α-hetero) is 1. The Bertz CT molecular complexity index is 354. The number of hydrogen-bond donors (Lipinski definition) is 1. The summed E-state index contributed by atoms with van der Waals surface area (Å²) < 4.78 is 13.9. The van der Waals surface area contributed by atoms with E-state index in [0.717, 1.165) is 0 Å². The summed E-state index contributed by atoms with van der Waals surface area (Å²) in [5.74, 6) is -1.11. The lowest BCUT2D eigenvalue weighted by Crippen LogP contribution is -2.21. The van der Waals surface area contributed by atoms with Gasteiger partial charge in [0.2, 0.25) is 0 Å². The van der Waals surface area contributed by atoms with Crippen LogP contribution in [0.15, 0.2) is 22.7 Å². The molecule has 0 aromatic heterocycles. The number of benzene rings is 1. The van der Waals surface area contributed by atoms with Gasteiger partial charge >= 0.3 is 0 Å². The fourth-order valence-electron chi connectivity index (χ4n) is 1.06. The summed E-state index contributed by atoms with van der Waals surface area (Å²) >= 11 is 3.19. The first-order valence-electron chi connectivity index (χ1n) is 4.25. The zero-order chi connectivity index (χ0) is 10.7. The maximum absolute atomic E-state index is 13.2. The Balaban J connectivity index is 3.06. The summed E-state index contributed by atoms with van der Waals surface area (Å²) in [6.45, 7) is 1.91. The van der Waals surface area contributed by atoms with E-state index < -0.39 is 5.82 Å². The molecule has 0 fully saturated rings. The lowest BCUT2D eigenvalue weighted by Gasteiger charge is -2.08. The molecule has 76 valence electrons. The molecule has 0 bridgehead atoms. The molecule has 1 aromatic rings. The minimum Gasteiger partial charge on any atom is -0.330 e. The maximum Gasteiger partial charge on any atom is 0.169 e. The average molecular weight is 260 g/mol. The first-order valence-corrected chi connectivity index (χ1v) is 5.05. The number of hydrogen-bond acceptors (Lipinski definition) is 2. The van der Waals surface area contributed by atoms with E-state index in [1.807, 2.05) is 0 Å². The first kappa shape index (κ1) is 11.3. The second-order valence-corrected chi connectivity index (χ2v) is 4.04. The fourth-order valence-corrected chi connectivity index (χ4v) is 1.42. The van der Waals surface area contributed by atoms with E-state index in [2.05, 4.69) is 15.9 Å². The van der Waals surface area contributed by atoms with Crippen LogP contribution in [0.5, 0.6) is 0 Å². The molecule has 0 heterocycles. The smallest absolute Gasteiger partial charge is 0.169 e. The van der Waals surface area contributed by atoms with Gasteiger partial charge in [0, 0.05) is 16.9 Å². The molecule has 0 radical (unpaired) electrons. The van der Waals surface area contributed by atoms with Gasteiger partial charge in [-0.05, 0) is 18.2 Å². The number of rotatable bonds is 3. The summed E-state index contributed by atoms with van der Waals surface area (Å²) in [7, 11) is 0. The molecule has 0 saturated carbocycles. The Morgan fingerprint density at radius 2 is 2.29 bits per heavy atom. The predicted molar refractivity (Wildman–Crippen MR) is 56.6 cm³/mol. The Hall–Kier alpha value is -0.740. The Kier molecular flexibility index (Phi) is 3.77. The van der Waals surface area contributed by atoms with Crippen molar-refractivity contribution in [1.82, 2.24) is 0 Å². The van der Waals surface area contributed by atoms with Crippen LogP contribution in [0.1, 0.15) is 17.3 Å². The van der Waals surface area contributed by atoms with Crippen LogP contribution in [0.25, 0.3) is 0 Å². The van der Waals surface area contributed by atoms with Crippen LogP contribution in [0.4, 0.5) is 4.39 Å². The predicted octanol–water partition coefficient (Wildman–Crippen LogP) is 2.37. The van der Waals surface area contributed by atoms with E-state index in [4.69, 9.17) is 5.73 Å². The van der Waals surface area contributed by atoms with Crippen LogP contribution in [-0.4, -0.2) is 12.3 Å². The third kappa shape index (κ3) is 2.39. The SMILES string of the molecule is CC(CN)C(=O)c1cc(Br)ccc1F. The van der Waals surface area contributed by atoms with Crippen molar-refractivity contribution in [1.29, 1.82) is 0 Å². The second-order valence-electron chi connectivity index (χ2n) is 3.13. The van der Waals surface area contributed by atoms with Crippen molar-refractivity contribution in [2.24, 2.45) is 11.7 Å². The van der Waals surface area contributed by atoms with Gasteiger partial charge in [0.05, 0.1) is 5.56 Å². The molecular weight excluding hydrogens is 249 g/mol. The van der Waals surface area contributed by atoms with Gasteiger partial charge in [-0.2, -0.15) is 0 Å². The lowest BCUT2D eigenvalue weighted by atomic mass is 9.99. The highest BCUT2D eigenvalue weighted by Gasteiger charge is 2.17. The van der Waals surface area contributed by atoms with Crippen molar-refractivity contribution in [3.63, 3.8) is 0 Å². The molecule has 1 atom stereocenters. The van der Waals surface area contributed by atoms with E-state index in [9.17, 15) is 9.18 Å². The van der Waals surface area contributed by atoms with Crippen LogP contribution in [-0.2, 0) is 0 Å². The zero-order valence-corrected chi connectivity index (χ0v) is 9.34. The normalized spacial score (nSPS) is 12.6. The highest BCUT2D eigenvalue weighted by atomic mass is 79.9. The highest BCUT2D eigenvalue weighted by Crippen LogP contribution is 2.18. The minimum absolute atomic E-state index is 0.0947. The number of halogens is 2. The van der Waals surface area contributed by atoms with Gasteiger partial charge in [0.25, 0.3) is 0 Å². The summed E-state index contributed by atoms with van der Waals surface area (Å²) in [4.78, 5) is 11.6. The molecule has 1 aromatic carbocycles. The van der Waals surface area contributed by atoms with Crippen molar-refractivity contribution in [2.75, 3.05) is 6.54 Å². The molecule has 0 saturated heterocycles. The van der Waals surface area contributed by atoms with Gasteiger partial charge in [0.15, 0.2) is 5.78 Å². The molecule has 0 spiro atoms. The summed E-state index contributed by atoms with van der Waals surface area (Å²) in [6.07, 6.45) is 0. The van der Waals surface area contributed by atoms with E-state index in [0.29, 0.717) is 4.47 Å². The Morgan fingerprint density at radius 1 is 1.64 bits per heavy atom. The van der Waals surface area contributed by atoms with Gasteiger partial charge in [0.1, 0.15) is 5.82 Å². The van der Waals surface area contributed by atoms with Crippen LogP contribution in [0.2, 0.25) is 0 Å². The molecular formula is C10H11BrFNO. The third-order valence-corrected chi connectivity index (χ3v) is 2.49. The molecule has 0 amide bonds. The summed E-state index contributed by atoms with van der Waals surface area (Å²) in [5.41, 5.74) is 5.44. The van der Waals surface area contributed by atoms with Gasteiger partial charge in [-0.1, -0.05) is 22.9 Å². The molecule has 1 unspecified atom stereocenters. The minimum atomic E-state index is -0.501. The van der Waals surface area contributed by atoms with Crippen LogP contribution in [0.3, 0.4) is 0 Å². The van der Waals surface area contributed by atoms with E-state index >= 15 is 0 Å². The Labute approximate surface area is 90.4 Å². The van der Waals surface area contributed by atoms with Crippen LogP contribution >= 0.6 is 15.9 Å². The third-order valence-electron chi connectivity index (χ3n) is 2.00. The molecule has 0 aliphatic carbocycles. The van der Waals surface area contributed by atoms with Crippen molar-refractivity contribution in [2.45, 2.75) is 6.92 Å². The number of carbonyl (C=O) groups excluding carboxylic acids is 1. The van der Waals surface area contributed by atoms with Gasteiger partial charge in [-0.15, -0.1) is 0 Å². The average Bonchev–Trinajstić information content (AvgIpc) is 2.19. The largest absolute Gasteiger partial charge is 0.330 e. The zero-order valence-electron chi connectivity index (χ0n) is 7.76. The van der Waals surface area contributed by atoms with E-state index in [1.54, 1.807) is 13.0 Å². The van der Waals surface area contributed by atoms with E-state index in [1.165, 1.54) is 12.1 Å². The second kappa shape index (κ2) is 4.66. The molecule has 2 N–H and O–H groups in total. The monoisotopic (exact) mass is 259 g/mol. The number of carbonyl (C=O) groups is 1. The fraction of sp³-hybridized carbons (Fsp3) is 0.300.